The van der Waals surface area contributed by atoms with E-state index in [-0.39, 0.29) is 0 Å². The fraction of sp³-hybridized carbons (Fsp3) is 0.222. The Bertz CT molecular complexity index is 445. The highest BCUT2D eigenvalue weighted by atomic mass is 19.2. The van der Waals surface area contributed by atoms with E-state index in [4.69, 9.17) is 10.4 Å². The van der Waals surface area contributed by atoms with Crippen LogP contribution >= 0.6 is 0 Å². The van der Waals surface area contributed by atoms with E-state index in [0.29, 0.717) is 0 Å². The van der Waals surface area contributed by atoms with Gasteiger partial charge in [-0.25, -0.2) is 22.9 Å². The minimum Gasteiger partial charge on any atom is -0.477 e. The van der Waals surface area contributed by atoms with Crippen LogP contribution in [0.5, 0.6) is 0 Å². The third-order valence-electron chi connectivity index (χ3n) is 2.10. The van der Waals surface area contributed by atoms with Gasteiger partial charge in [0, 0.05) is 5.56 Å². The van der Waals surface area contributed by atoms with Crippen molar-refractivity contribution in [2.24, 2.45) is 0 Å². The third-order valence-corrected chi connectivity index (χ3v) is 2.10. The summed E-state index contributed by atoms with van der Waals surface area (Å²) in [5.74, 6) is -6.65. The van der Waals surface area contributed by atoms with Crippen molar-refractivity contribution in [3.8, 4) is 0 Å². The van der Waals surface area contributed by atoms with Crippen molar-refractivity contribution in [2.45, 2.75) is 13.5 Å². The summed E-state index contributed by atoms with van der Waals surface area (Å²) in [6.45, 7) is 0.274. The molecule has 7 heteroatoms. The Kier molecular flexibility index (Phi) is 3.51. The fourth-order valence-electron chi connectivity index (χ4n) is 1.24. The second kappa shape index (κ2) is 4.50. The standard InChI is InChI=1S/C9H7F3O4/c1-3-4(2-16-15)7(11)5(9(13)14)8(12)6(3)10/h15H,2H2,1H3,(H,13,14). The number of carbonyl (C=O) groups is 1. The topological polar surface area (TPSA) is 66.8 Å². The Morgan fingerprint density at radius 3 is 2.25 bits per heavy atom. The number of aromatic carboxylic acids is 1. The third kappa shape index (κ3) is 1.86. The van der Waals surface area contributed by atoms with Gasteiger partial charge in [-0.15, -0.1) is 0 Å². The molecule has 1 rings (SSSR count). The molecule has 0 saturated heterocycles. The molecule has 4 nitrogen and oxygen atoms in total. The van der Waals surface area contributed by atoms with E-state index in [1.165, 1.54) is 0 Å². The van der Waals surface area contributed by atoms with E-state index < -0.39 is 46.7 Å². The average molecular weight is 236 g/mol. The minimum absolute atomic E-state index is 0.450. The van der Waals surface area contributed by atoms with E-state index in [2.05, 4.69) is 4.89 Å². The van der Waals surface area contributed by atoms with Crippen LogP contribution in [0, 0.1) is 24.4 Å². The highest BCUT2D eigenvalue weighted by Crippen LogP contribution is 2.25. The maximum Gasteiger partial charge on any atom is 0.341 e. The van der Waals surface area contributed by atoms with Gasteiger partial charge < -0.3 is 5.11 Å². The van der Waals surface area contributed by atoms with Crippen LogP contribution < -0.4 is 0 Å². The van der Waals surface area contributed by atoms with E-state index >= 15 is 0 Å². The zero-order valence-electron chi connectivity index (χ0n) is 8.05. The van der Waals surface area contributed by atoms with Crippen LogP contribution in [0.25, 0.3) is 0 Å². The van der Waals surface area contributed by atoms with Crippen molar-refractivity contribution in [1.29, 1.82) is 0 Å². The fourth-order valence-corrected chi connectivity index (χ4v) is 1.24. The molecular formula is C9H7F3O4. The molecule has 0 heterocycles. The molecule has 2 N–H and O–H groups in total. The molecule has 1 aromatic rings. The van der Waals surface area contributed by atoms with E-state index in [1.807, 2.05) is 0 Å². The van der Waals surface area contributed by atoms with E-state index in [9.17, 15) is 18.0 Å². The molecule has 0 atom stereocenters. The van der Waals surface area contributed by atoms with Crippen molar-refractivity contribution >= 4 is 5.97 Å². The molecule has 0 aliphatic heterocycles. The summed E-state index contributed by atoms with van der Waals surface area (Å²) in [6.07, 6.45) is 0. The van der Waals surface area contributed by atoms with Gasteiger partial charge in [0.05, 0.1) is 0 Å². The monoisotopic (exact) mass is 236 g/mol. The van der Waals surface area contributed by atoms with Crippen LogP contribution in [0.1, 0.15) is 21.5 Å². The molecule has 0 aromatic heterocycles. The van der Waals surface area contributed by atoms with Gasteiger partial charge in [-0.1, -0.05) is 0 Å². The molecule has 0 bridgehead atoms. The molecule has 0 fully saturated rings. The summed E-state index contributed by atoms with van der Waals surface area (Å²) in [6, 6.07) is 0. The number of rotatable bonds is 3. The zero-order chi connectivity index (χ0) is 12.5. The average Bonchev–Trinajstić information content (AvgIpc) is 2.21. The van der Waals surface area contributed by atoms with Crippen molar-refractivity contribution in [3.05, 3.63) is 34.1 Å². The van der Waals surface area contributed by atoms with Crippen LogP contribution in [0.2, 0.25) is 0 Å². The first-order valence-electron chi connectivity index (χ1n) is 4.07. The Morgan fingerprint density at radius 2 is 1.81 bits per heavy atom. The molecule has 0 saturated carbocycles. The second-order valence-electron chi connectivity index (χ2n) is 3.00. The molecular weight excluding hydrogens is 229 g/mol. The van der Waals surface area contributed by atoms with Crippen molar-refractivity contribution in [2.75, 3.05) is 0 Å². The Balaban J connectivity index is 3.58. The van der Waals surface area contributed by atoms with Gasteiger partial charge in [-0.05, 0) is 12.5 Å². The zero-order valence-corrected chi connectivity index (χ0v) is 8.05. The van der Waals surface area contributed by atoms with Gasteiger partial charge in [-0.2, -0.15) is 0 Å². The van der Waals surface area contributed by atoms with Gasteiger partial charge in [0.2, 0.25) is 0 Å². The van der Waals surface area contributed by atoms with Crippen LogP contribution in [0.4, 0.5) is 13.2 Å². The van der Waals surface area contributed by atoms with Crippen LogP contribution in [-0.4, -0.2) is 16.3 Å². The lowest BCUT2D eigenvalue weighted by Crippen LogP contribution is -2.13. The summed E-state index contributed by atoms with van der Waals surface area (Å²) in [5.41, 5.74) is -2.40. The van der Waals surface area contributed by atoms with Gasteiger partial charge in [0.1, 0.15) is 18.0 Å². The van der Waals surface area contributed by atoms with Gasteiger partial charge in [0.25, 0.3) is 0 Å². The van der Waals surface area contributed by atoms with Crippen LogP contribution in [0.15, 0.2) is 0 Å². The maximum absolute atomic E-state index is 13.4. The van der Waals surface area contributed by atoms with E-state index in [0.717, 1.165) is 6.92 Å². The molecule has 0 aliphatic rings. The lowest BCUT2D eigenvalue weighted by atomic mass is 10.0. The quantitative estimate of drug-likeness (QED) is 0.479. The number of hydrogen-bond acceptors (Lipinski definition) is 3. The molecule has 0 aliphatic carbocycles. The van der Waals surface area contributed by atoms with Crippen molar-refractivity contribution < 1.29 is 33.2 Å². The lowest BCUT2D eigenvalue weighted by Gasteiger charge is -2.10. The van der Waals surface area contributed by atoms with Gasteiger partial charge in [0.15, 0.2) is 11.6 Å². The molecule has 0 radical (unpaired) electrons. The largest absolute Gasteiger partial charge is 0.477 e. The Labute approximate surface area is 87.8 Å². The van der Waals surface area contributed by atoms with Gasteiger partial charge in [-0.3, -0.25) is 5.26 Å². The Morgan fingerprint density at radius 1 is 1.25 bits per heavy atom. The summed E-state index contributed by atoms with van der Waals surface area (Å²) in [5, 5.41) is 16.6. The normalized spacial score (nSPS) is 10.6. The lowest BCUT2D eigenvalue weighted by molar-refractivity contribution is -0.253. The number of carboxylic acid groups (broad SMARTS) is 1. The minimum atomic E-state index is -1.94. The summed E-state index contributed by atoms with van der Waals surface area (Å²) in [7, 11) is 0. The van der Waals surface area contributed by atoms with Gasteiger partial charge >= 0.3 is 5.97 Å². The predicted octanol–water partition coefficient (Wildman–Crippen LogP) is 2.10. The summed E-state index contributed by atoms with van der Waals surface area (Å²) in [4.78, 5) is 14.1. The van der Waals surface area contributed by atoms with Crippen LogP contribution in [-0.2, 0) is 11.5 Å². The first kappa shape index (κ1) is 12.5. The second-order valence-corrected chi connectivity index (χ2v) is 3.00. The molecule has 1 aromatic carbocycles. The van der Waals surface area contributed by atoms with Crippen LogP contribution in [0.3, 0.4) is 0 Å². The SMILES string of the molecule is Cc1c(F)c(F)c(C(=O)O)c(F)c1COO. The maximum atomic E-state index is 13.4. The molecule has 0 amide bonds. The van der Waals surface area contributed by atoms with Crippen molar-refractivity contribution in [3.63, 3.8) is 0 Å². The van der Waals surface area contributed by atoms with E-state index in [1.54, 1.807) is 0 Å². The highest BCUT2D eigenvalue weighted by Gasteiger charge is 2.26. The summed E-state index contributed by atoms with van der Waals surface area (Å²) >= 11 is 0. The highest BCUT2D eigenvalue weighted by molar-refractivity contribution is 5.88. The summed E-state index contributed by atoms with van der Waals surface area (Å²) < 4.78 is 39.7. The smallest absolute Gasteiger partial charge is 0.341 e. The Hall–Kier alpha value is -1.60. The number of benzene rings is 1. The predicted molar refractivity (Wildman–Crippen MR) is 45.4 cm³/mol. The molecule has 0 spiro atoms. The molecule has 88 valence electrons. The first-order valence-corrected chi connectivity index (χ1v) is 4.07. The number of carboxylic acids is 1. The molecule has 16 heavy (non-hydrogen) atoms. The molecule has 0 unspecified atom stereocenters. The first-order chi connectivity index (χ1) is 7.41. The van der Waals surface area contributed by atoms with Crippen molar-refractivity contribution in [1.82, 2.24) is 0 Å². The number of hydrogen-bond donors (Lipinski definition) is 2. The number of halogens is 3.